The summed E-state index contributed by atoms with van der Waals surface area (Å²) in [5.41, 5.74) is 2.49. The second-order valence-corrected chi connectivity index (χ2v) is 3.89. The fourth-order valence-electron chi connectivity index (χ4n) is 1.74. The van der Waals surface area contributed by atoms with Crippen LogP contribution in [0.25, 0.3) is 0 Å². The van der Waals surface area contributed by atoms with E-state index in [9.17, 15) is 0 Å². The van der Waals surface area contributed by atoms with Gasteiger partial charge >= 0.3 is 0 Å². The fraction of sp³-hybridized carbons (Fsp3) is 0.308. The lowest BCUT2D eigenvalue weighted by Gasteiger charge is -2.10. The minimum atomic E-state index is 0.878. The van der Waals surface area contributed by atoms with Gasteiger partial charge in [-0.25, -0.2) is 4.98 Å². The summed E-state index contributed by atoms with van der Waals surface area (Å²) in [5, 5.41) is 3.36. The van der Waals surface area contributed by atoms with Crippen molar-refractivity contribution < 1.29 is 0 Å². The van der Waals surface area contributed by atoms with Gasteiger partial charge in [0.1, 0.15) is 0 Å². The summed E-state index contributed by atoms with van der Waals surface area (Å²) in [6.07, 6.45) is 5.97. The molecule has 1 aromatic carbocycles. The van der Waals surface area contributed by atoms with Gasteiger partial charge in [0.25, 0.3) is 0 Å². The molecule has 1 N–H and O–H groups in total. The Morgan fingerprint density at radius 2 is 2.12 bits per heavy atom. The van der Waals surface area contributed by atoms with Gasteiger partial charge in [-0.2, -0.15) is 0 Å². The van der Waals surface area contributed by atoms with Crippen LogP contribution < -0.4 is 5.32 Å². The first kappa shape index (κ1) is 10.7. The molecule has 2 rings (SSSR count). The highest BCUT2D eigenvalue weighted by Gasteiger charge is 2.03. The Morgan fingerprint density at radius 3 is 2.81 bits per heavy atom. The van der Waals surface area contributed by atoms with Gasteiger partial charge in [-0.05, 0) is 18.1 Å². The molecule has 0 radical (unpaired) electrons. The van der Waals surface area contributed by atoms with Crippen molar-refractivity contribution in [2.45, 2.75) is 19.8 Å². The maximum Gasteiger partial charge on any atom is 0.207 e. The maximum absolute atomic E-state index is 4.26. The zero-order valence-corrected chi connectivity index (χ0v) is 9.77. The second kappa shape index (κ2) is 4.84. The molecule has 0 unspecified atom stereocenters. The summed E-state index contributed by atoms with van der Waals surface area (Å²) in [6.45, 7) is 2.19. The molecule has 0 aliphatic heterocycles. The lowest BCUT2D eigenvalue weighted by atomic mass is 10.1. The topological polar surface area (TPSA) is 29.9 Å². The monoisotopic (exact) mass is 215 g/mol. The molecule has 0 aliphatic rings. The number of imidazole rings is 1. The molecular weight excluding hydrogens is 198 g/mol. The molecule has 0 saturated heterocycles. The van der Waals surface area contributed by atoms with Crippen molar-refractivity contribution in [1.82, 2.24) is 9.55 Å². The molecule has 2 aromatic rings. The smallest absolute Gasteiger partial charge is 0.207 e. The molecule has 1 aromatic heterocycles. The highest BCUT2D eigenvalue weighted by Crippen LogP contribution is 2.20. The third kappa shape index (κ3) is 2.24. The number of hydrogen-bond donors (Lipinski definition) is 1. The molecule has 16 heavy (non-hydrogen) atoms. The van der Waals surface area contributed by atoms with Crippen molar-refractivity contribution in [3.8, 4) is 0 Å². The lowest BCUT2D eigenvalue weighted by molar-refractivity contribution is 0.910. The molecule has 0 atom stereocenters. The molecular formula is C13H17N3. The normalized spacial score (nSPS) is 10.4. The third-order valence-corrected chi connectivity index (χ3v) is 2.60. The Kier molecular flexibility index (Phi) is 3.25. The van der Waals surface area contributed by atoms with Gasteiger partial charge in [-0.3, -0.25) is 0 Å². The Bertz CT molecular complexity index is 460. The zero-order chi connectivity index (χ0) is 11.4. The highest BCUT2D eigenvalue weighted by atomic mass is 15.2. The molecule has 84 valence electrons. The Morgan fingerprint density at radius 1 is 1.31 bits per heavy atom. The molecule has 0 bridgehead atoms. The van der Waals surface area contributed by atoms with Crippen LogP contribution in [0.5, 0.6) is 0 Å². The molecule has 0 saturated carbocycles. The number of hydrogen-bond acceptors (Lipinski definition) is 2. The van der Waals surface area contributed by atoms with E-state index in [0.29, 0.717) is 0 Å². The molecule has 1 heterocycles. The Balaban J connectivity index is 2.24. The largest absolute Gasteiger partial charge is 0.325 e. The molecule has 0 aliphatic carbocycles. The Hall–Kier alpha value is -1.77. The van der Waals surface area contributed by atoms with Gasteiger partial charge in [-0.15, -0.1) is 0 Å². The third-order valence-electron chi connectivity index (χ3n) is 2.60. The zero-order valence-electron chi connectivity index (χ0n) is 9.77. The summed E-state index contributed by atoms with van der Waals surface area (Å²) >= 11 is 0. The quantitative estimate of drug-likeness (QED) is 0.849. The average molecular weight is 215 g/mol. The van der Waals surface area contributed by atoms with Crippen LogP contribution in [0.15, 0.2) is 36.7 Å². The van der Waals surface area contributed by atoms with E-state index in [1.807, 2.05) is 23.9 Å². The fourth-order valence-corrected chi connectivity index (χ4v) is 1.74. The summed E-state index contributed by atoms with van der Waals surface area (Å²) in [5.74, 6) is 0.878. The van der Waals surface area contributed by atoms with Gasteiger partial charge in [0.2, 0.25) is 5.95 Å². The summed E-state index contributed by atoms with van der Waals surface area (Å²) in [7, 11) is 1.98. The van der Waals surface area contributed by atoms with E-state index < -0.39 is 0 Å². The minimum Gasteiger partial charge on any atom is -0.325 e. The van der Waals surface area contributed by atoms with E-state index in [1.165, 1.54) is 5.56 Å². The van der Waals surface area contributed by atoms with E-state index in [0.717, 1.165) is 24.5 Å². The number of para-hydroxylation sites is 1. The second-order valence-electron chi connectivity index (χ2n) is 3.89. The first-order chi connectivity index (χ1) is 7.81. The summed E-state index contributed by atoms with van der Waals surface area (Å²) in [6, 6.07) is 8.38. The van der Waals surface area contributed by atoms with Crippen molar-refractivity contribution in [2.75, 3.05) is 5.32 Å². The van der Waals surface area contributed by atoms with Crippen molar-refractivity contribution in [1.29, 1.82) is 0 Å². The number of aryl methyl sites for hydroxylation is 2. The summed E-state index contributed by atoms with van der Waals surface area (Å²) < 4.78 is 1.97. The van der Waals surface area contributed by atoms with Crippen LogP contribution in [0.1, 0.15) is 18.9 Å². The highest BCUT2D eigenvalue weighted by molar-refractivity contribution is 5.58. The van der Waals surface area contributed by atoms with Crippen LogP contribution in [0.3, 0.4) is 0 Å². The van der Waals surface area contributed by atoms with Crippen molar-refractivity contribution in [3.05, 3.63) is 42.2 Å². The predicted molar refractivity (Wildman–Crippen MR) is 66.9 cm³/mol. The van der Waals surface area contributed by atoms with E-state index in [-0.39, 0.29) is 0 Å². The van der Waals surface area contributed by atoms with Crippen molar-refractivity contribution >= 4 is 11.6 Å². The SMILES string of the molecule is CCCc1ccccc1Nc1nccn1C. The van der Waals surface area contributed by atoms with Gasteiger partial charge in [0, 0.05) is 25.1 Å². The first-order valence-corrected chi connectivity index (χ1v) is 5.63. The molecule has 3 heteroatoms. The first-order valence-electron chi connectivity index (χ1n) is 5.63. The average Bonchev–Trinajstić information content (AvgIpc) is 2.68. The standard InChI is InChI=1S/C13H17N3/c1-3-6-11-7-4-5-8-12(11)15-13-14-9-10-16(13)2/h4-5,7-10H,3,6H2,1-2H3,(H,14,15). The summed E-state index contributed by atoms with van der Waals surface area (Å²) in [4.78, 5) is 4.26. The predicted octanol–water partition coefficient (Wildman–Crippen LogP) is 3.12. The molecule has 0 fully saturated rings. The number of nitrogens with zero attached hydrogens (tertiary/aromatic N) is 2. The van der Waals surface area contributed by atoms with Crippen LogP contribution in [0.4, 0.5) is 11.6 Å². The number of benzene rings is 1. The molecule has 0 amide bonds. The number of nitrogens with one attached hydrogen (secondary N) is 1. The van der Waals surface area contributed by atoms with E-state index in [4.69, 9.17) is 0 Å². The van der Waals surface area contributed by atoms with E-state index in [1.54, 1.807) is 6.20 Å². The van der Waals surface area contributed by atoms with Gasteiger partial charge < -0.3 is 9.88 Å². The molecule has 0 spiro atoms. The lowest BCUT2D eigenvalue weighted by Crippen LogP contribution is -2.01. The number of anilines is 2. The maximum atomic E-state index is 4.26. The minimum absolute atomic E-state index is 0.878. The van der Waals surface area contributed by atoms with Gasteiger partial charge in [0.05, 0.1) is 0 Å². The number of rotatable bonds is 4. The van der Waals surface area contributed by atoms with E-state index >= 15 is 0 Å². The van der Waals surface area contributed by atoms with Crippen molar-refractivity contribution in [2.24, 2.45) is 7.05 Å². The van der Waals surface area contributed by atoms with E-state index in [2.05, 4.69) is 35.4 Å². The van der Waals surface area contributed by atoms with Gasteiger partial charge in [-0.1, -0.05) is 31.5 Å². The molecule has 3 nitrogen and oxygen atoms in total. The van der Waals surface area contributed by atoms with Crippen LogP contribution >= 0.6 is 0 Å². The van der Waals surface area contributed by atoms with Crippen LogP contribution in [0, 0.1) is 0 Å². The van der Waals surface area contributed by atoms with Crippen LogP contribution in [0.2, 0.25) is 0 Å². The van der Waals surface area contributed by atoms with Crippen molar-refractivity contribution in [3.63, 3.8) is 0 Å². The Labute approximate surface area is 96.1 Å². The van der Waals surface area contributed by atoms with Crippen LogP contribution in [-0.2, 0) is 13.5 Å². The van der Waals surface area contributed by atoms with Gasteiger partial charge in [0.15, 0.2) is 0 Å². The number of aromatic nitrogens is 2. The van der Waals surface area contributed by atoms with Crippen LogP contribution in [-0.4, -0.2) is 9.55 Å².